The molecule has 0 spiro atoms. The number of rotatable bonds is 11. The Kier molecular flexibility index (Phi) is 8.98. The maximum absolute atomic E-state index is 13.8. The van der Waals surface area contributed by atoms with Gasteiger partial charge in [0, 0.05) is 24.4 Å². The molecule has 0 saturated carbocycles. The van der Waals surface area contributed by atoms with Gasteiger partial charge in [-0.05, 0) is 37.5 Å². The second-order valence-corrected chi connectivity index (χ2v) is 12.0. The summed E-state index contributed by atoms with van der Waals surface area (Å²) in [5.41, 5.74) is 4.07. The summed E-state index contributed by atoms with van der Waals surface area (Å²) in [6, 6.07) is 22.7. The number of H-pyrrole nitrogens is 1. The molecule has 0 aliphatic heterocycles. The molecule has 0 radical (unpaired) electrons. The first-order chi connectivity index (χ1) is 18.2. The molecule has 0 saturated heterocycles. The standard InChI is InChI=1S/C28H31N5O3S2/c1-20-16-21(2)26(22(3)17-20)38(35,36)33(18-23-10-6-4-7-11-23)19-25(34)29-14-15-37-28-30-27(31-32-28)24-12-8-5-9-13-24/h4-13,16-17H,14-15,18-19H2,1-3H3,(H,29,34)(H,30,31,32). The lowest BCUT2D eigenvalue weighted by molar-refractivity contribution is -0.121. The van der Waals surface area contributed by atoms with E-state index in [1.54, 1.807) is 13.8 Å². The minimum absolute atomic E-state index is 0.0948. The number of benzene rings is 3. The fourth-order valence-corrected chi connectivity index (χ4v) is 6.75. The van der Waals surface area contributed by atoms with Crippen molar-refractivity contribution in [2.45, 2.75) is 37.4 Å². The van der Waals surface area contributed by atoms with Gasteiger partial charge in [-0.3, -0.25) is 9.89 Å². The Morgan fingerprint density at radius 3 is 2.26 bits per heavy atom. The number of aromatic nitrogens is 3. The number of amides is 1. The number of nitrogens with zero attached hydrogens (tertiary/aromatic N) is 3. The highest BCUT2D eigenvalue weighted by Gasteiger charge is 2.30. The van der Waals surface area contributed by atoms with Crippen molar-refractivity contribution >= 4 is 27.7 Å². The largest absolute Gasteiger partial charge is 0.354 e. The Morgan fingerprint density at radius 1 is 0.974 bits per heavy atom. The molecule has 0 bridgehead atoms. The summed E-state index contributed by atoms with van der Waals surface area (Å²) in [7, 11) is -3.93. The molecule has 0 aliphatic rings. The molecule has 0 atom stereocenters. The zero-order chi connectivity index (χ0) is 27.1. The van der Waals surface area contributed by atoms with Crippen LogP contribution in [0.25, 0.3) is 11.4 Å². The molecule has 10 heteroatoms. The van der Waals surface area contributed by atoms with Crippen molar-refractivity contribution in [3.05, 3.63) is 95.1 Å². The van der Waals surface area contributed by atoms with Gasteiger partial charge in [0.2, 0.25) is 21.1 Å². The van der Waals surface area contributed by atoms with Crippen LogP contribution >= 0.6 is 11.8 Å². The second kappa shape index (κ2) is 12.4. The molecule has 38 heavy (non-hydrogen) atoms. The lowest BCUT2D eigenvalue weighted by Crippen LogP contribution is -2.41. The Balaban J connectivity index is 1.40. The first-order valence-electron chi connectivity index (χ1n) is 12.2. The highest BCUT2D eigenvalue weighted by atomic mass is 32.2. The number of thioether (sulfide) groups is 1. The molecule has 1 heterocycles. The Bertz CT molecular complexity index is 1470. The molecule has 0 aliphatic carbocycles. The number of nitrogens with one attached hydrogen (secondary N) is 2. The highest BCUT2D eigenvalue weighted by Crippen LogP contribution is 2.26. The Hall–Kier alpha value is -3.47. The predicted molar refractivity (Wildman–Crippen MR) is 150 cm³/mol. The van der Waals surface area contributed by atoms with Gasteiger partial charge in [-0.15, -0.1) is 5.10 Å². The van der Waals surface area contributed by atoms with E-state index in [1.165, 1.54) is 16.1 Å². The van der Waals surface area contributed by atoms with Crippen LogP contribution in [0.15, 0.2) is 82.8 Å². The number of carbonyl (C=O) groups is 1. The van der Waals surface area contributed by atoms with E-state index in [0.29, 0.717) is 34.4 Å². The monoisotopic (exact) mass is 549 g/mol. The van der Waals surface area contributed by atoms with Gasteiger partial charge in [-0.1, -0.05) is 90.1 Å². The van der Waals surface area contributed by atoms with Gasteiger partial charge in [-0.2, -0.15) is 4.31 Å². The van der Waals surface area contributed by atoms with Crippen molar-refractivity contribution in [2.75, 3.05) is 18.8 Å². The molecular weight excluding hydrogens is 518 g/mol. The van der Waals surface area contributed by atoms with Gasteiger partial charge in [0.1, 0.15) is 0 Å². The maximum atomic E-state index is 13.8. The van der Waals surface area contributed by atoms with Gasteiger partial charge < -0.3 is 5.32 Å². The van der Waals surface area contributed by atoms with Crippen LogP contribution in [0, 0.1) is 20.8 Å². The van der Waals surface area contributed by atoms with Gasteiger partial charge in [0.25, 0.3) is 0 Å². The average Bonchev–Trinajstić information content (AvgIpc) is 3.36. The second-order valence-electron chi connectivity index (χ2n) is 9.02. The minimum atomic E-state index is -3.93. The van der Waals surface area contributed by atoms with Crippen LogP contribution in [0.2, 0.25) is 0 Å². The van der Waals surface area contributed by atoms with Crippen molar-refractivity contribution in [3.8, 4) is 11.4 Å². The molecule has 1 amide bonds. The third kappa shape index (κ3) is 6.89. The molecular formula is C28H31N5O3S2. The number of hydrogen-bond acceptors (Lipinski definition) is 6. The number of sulfonamides is 1. The summed E-state index contributed by atoms with van der Waals surface area (Å²) in [4.78, 5) is 17.6. The fourth-order valence-electron chi connectivity index (χ4n) is 4.30. The van der Waals surface area contributed by atoms with Crippen LogP contribution in [0.5, 0.6) is 0 Å². The molecule has 8 nitrogen and oxygen atoms in total. The lowest BCUT2D eigenvalue weighted by atomic mass is 10.1. The normalized spacial score (nSPS) is 11.6. The molecule has 2 N–H and O–H groups in total. The van der Waals surface area contributed by atoms with Gasteiger partial charge in [0.05, 0.1) is 11.4 Å². The molecule has 3 aromatic carbocycles. The molecule has 4 rings (SSSR count). The van der Waals surface area contributed by atoms with Crippen molar-refractivity contribution in [3.63, 3.8) is 0 Å². The molecule has 1 aromatic heterocycles. The van der Waals surface area contributed by atoms with Gasteiger partial charge in [0.15, 0.2) is 5.82 Å². The summed E-state index contributed by atoms with van der Waals surface area (Å²) in [5.74, 6) is 0.854. The minimum Gasteiger partial charge on any atom is -0.354 e. The summed E-state index contributed by atoms with van der Waals surface area (Å²) < 4.78 is 28.8. The fraction of sp³-hybridized carbons (Fsp3) is 0.250. The lowest BCUT2D eigenvalue weighted by Gasteiger charge is -2.24. The van der Waals surface area contributed by atoms with E-state index in [4.69, 9.17) is 0 Å². The van der Waals surface area contributed by atoms with Crippen LogP contribution in [0.4, 0.5) is 0 Å². The first kappa shape index (κ1) is 27.6. The summed E-state index contributed by atoms with van der Waals surface area (Å²) in [6.45, 7) is 5.67. The smallest absolute Gasteiger partial charge is 0.244 e. The van der Waals surface area contributed by atoms with Crippen LogP contribution in [-0.2, 0) is 21.4 Å². The molecule has 4 aromatic rings. The van der Waals surface area contributed by atoms with Crippen molar-refractivity contribution in [1.82, 2.24) is 24.8 Å². The molecule has 0 fully saturated rings. The number of aryl methyl sites for hydroxylation is 3. The van der Waals surface area contributed by atoms with Crippen molar-refractivity contribution in [2.24, 2.45) is 0 Å². The van der Waals surface area contributed by atoms with Gasteiger partial charge >= 0.3 is 0 Å². The summed E-state index contributed by atoms with van der Waals surface area (Å²) in [6.07, 6.45) is 0. The first-order valence-corrected chi connectivity index (χ1v) is 14.7. The Morgan fingerprint density at radius 2 is 1.61 bits per heavy atom. The zero-order valence-corrected chi connectivity index (χ0v) is 23.3. The van der Waals surface area contributed by atoms with E-state index in [-0.39, 0.29) is 23.9 Å². The van der Waals surface area contributed by atoms with E-state index in [1.807, 2.05) is 79.7 Å². The van der Waals surface area contributed by atoms with Crippen molar-refractivity contribution < 1.29 is 13.2 Å². The van der Waals surface area contributed by atoms with Crippen molar-refractivity contribution in [1.29, 1.82) is 0 Å². The summed E-state index contributed by atoms with van der Waals surface area (Å²) in [5, 5.41) is 10.6. The van der Waals surface area contributed by atoms with Crippen LogP contribution in [0.1, 0.15) is 22.3 Å². The average molecular weight is 550 g/mol. The number of hydrogen-bond donors (Lipinski definition) is 2. The maximum Gasteiger partial charge on any atom is 0.244 e. The third-order valence-electron chi connectivity index (χ3n) is 5.89. The zero-order valence-electron chi connectivity index (χ0n) is 21.6. The number of carbonyl (C=O) groups excluding carboxylic acids is 1. The summed E-state index contributed by atoms with van der Waals surface area (Å²) >= 11 is 1.41. The van der Waals surface area contributed by atoms with E-state index in [9.17, 15) is 13.2 Å². The van der Waals surface area contributed by atoms with Crippen LogP contribution < -0.4 is 5.32 Å². The molecule has 198 valence electrons. The topological polar surface area (TPSA) is 108 Å². The van der Waals surface area contributed by atoms with Gasteiger partial charge in [-0.25, -0.2) is 13.4 Å². The van der Waals surface area contributed by atoms with Crippen LogP contribution in [-0.4, -0.2) is 52.7 Å². The Labute approximate surface area is 227 Å². The third-order valence-corrected chi connectivity index (χ3v) is 8.84. The SMILES string of the molecule is Cc1cc(C)c(S(=O)(=O)N(CC(=O)NCCSc2n[nH]c(-c3ccccc3)n2)Cc2ccccc2)c(C)c1. The van der Waals surface area contributed by atoms with E-state index < -0.39 is 10.0 Å². The predicted octanol–water partition coefficient (Wildman–Crippen LogP) is 4.50. The quantitative estimate of drug-likeness (QED) is 0.211. The van der Waals surface area contributed by atoms with E-state index in [0.717, 1.165) is 16.7 Å². The van der Waals surface area contributed by atoms with E-state index in [2.05, 4.69) is 20.5 Å². The van der Waals surface area contributed by atoms with Crippen LogP contribution in [0.3, 0.4) is 0 Å². The number of aromatic amines is 1. The highest BCUT2D eigenvalue weighted by molar-refractivity contribution is 7.99. The van der Waals surface area contributed by atoms with E-state index >= 15 is 0 Å². The molecule has 0 unspecified atom stereocenters.